The van der Waals surface area contributed by atoms with Gasteiger partial charge in [-0.05, 0) is 36.8 Å². The summed E-state index contributed by atoms with van der Waals surface area (Å²) in [6.07, 6.45) is 0. The fourth-order valence-electron chi connectivity index (χ4n) is 2.04. The fraction of sp³-hybridized carbons (Fsp3) is 0.118. The molecule has 0 atom stereocenters. The summed E-state index contributed by atoms with van der Waals surface area (Å²) in [5.41, 5.74) is 3.07. The van der Waals surface area contributed by atoms with E-state index in [1.165, 1.54) is 22.5 Å². The minimum atomic E-state index is -0.186. The highest BCUT2D eigenvalue weighted by Gasteiger charge is 2.10. The first-order valence-electron chi connectivity index (χ1n) is 7.19. The van der Waals surface area contributed by atoms with Crippen LogP contribution in [0.25, 0.3) is 0 Å². The summed E-state index contributed by atoms with van der Waals surface area (Å²) in [6, 6.07) is 15.6. The highest BCUT2D eigenvalue weighted by molar-refractivity contribution is 9.10. The minimum absolute atomic E-state index is 0.186. The lowest BCUT2D eigenvalue weighted by atomic mass is 10.2. The Morgan fingerprint density at radius 2 is 2.00 bits per heavy atom. The standard InChI is InChI=1S/C17H14BrN3OS2/c1-11-3-2-4-12(9-11)10-23-17-21-20-16(24-17)19-15(22)13-5-7-14(18)8-6-13/h2-9H,10H2,1H3,(H,19,20,22). The molecule has 1 heterocycles. The number of amides is 1. The molecule has 4 nitrogen and oxygen atoms in total. The molecule has 0 saturated heterocycles. The molecule has 0 fully saturated rings. The van der Waals surface area contributed by atoms with Crippen LogP contribution in [0.15, 0.2) is 57.3 Å². The van der Waals surface area contributed by atoms with Crippen molar-refractivity contribution in [1.82, 2.24) is 10.2 Å². The Labute approximate surface area is 156 Å². The summed E-state index contributed by atoms with van der Waals surface area (Å²) in [5, 5.41) is 11.5. The molecular formula is C17H14BrN3OS2. The minimum Gasteiger partial charge on any atom is -0.296 e. The zero-order valence-electron chi connectivity index (χ0n) is 12.8. The molecule has 0 bridgehead atoms. The highest BCUT2D eigenvalue weighted by atomic mass is 79.9. The quantitative estimate of drug-likeness (QED) is 0.458. The topological polar surface area (TPSA) is 54.9 Å². The van der Waals surface area contributed by atoms with Crippen molar-refractivity contribution in [3.63, 3.8) is 0 Å². The summed E-state index contributed by atoms with van der Waals surface area (Å²) in [5.74, 6) is 0.644. The molecule has 1 N–H and O–H groups in total. The molecule has 0 unspecified atom stereocenters. The van der Waals surface area contributed by atoms with Gasteiger partial charge in [0.2, 0.25) is 5.13 Å². The van der Waals surface area contributed by atoms with E-state index in [4.69, 9.17) is 0 Å². The number of thioether (sulfide) groups is 1. The van der Waals surface area contributed by atoms with Gasteiger partial charge >= 0.3 is 0 Å². The third kappa shape index (κ3) is 4.66. The second-order valence-electron chi connectivity index (χ2n) is 5.11. The molecule has 7 heteroatoms. The second-order valence-corrected chi connectivity index (χ2v) is 8.23. The van der Waals surface area contributed by atoms with E-state index in [1.807, 2.05) is 12.1 Å². The molecule has 0 aliphatic carbocycles. The van der Waals surface area contributed by atoms with Crippen molar-refractivity contribution in [2.75, 3.05) is 5.32 Å². The van der Waals surface area contributed by atoms with Crippen LogP contribution in [0.1, 0.15) is 21.5 Å². The number of nitrogens with zero attached hydrogens (tertiary/aromatic N) is 2. The number of carbonyl (C=O) groups is 1. The number of nitrogens with one attached hydrogen (secondary N) is 1. The van der Waals surface area contributed by atoms with Crippen LogP contribution >= 0.6 is 39.0 Å². The third-order valence-electron chi connectivity index (χ3n) is 3.18. The summed E-state index contributed by atoms with van der Waals surface area (Å²) in [7, 11) is 0. The van der Waals surface area contributed by atoms with E-state index >= 15 is 0 Å². The lowest BCUT2D eigenvalue weighted by Gasteiger charge is -2.01. The number of halogens is 1. The summed E-state index contributed by atoms with van der Waals surface area (Å²) in [6.45, 7) is 2.08. The third-order valence-corrected chi connectivity index (χ3v) is 5.75. The molecule has 24 heavy (non-hydrogen) atoms. The van der Waals surface area contributed by atoms with Crippen LogP contribution < -0.4 is 5.32 Å². The lowest BCUT2D eigenvalue weighted by Crippen LogP contribution is -2.11. The largest absolute Gasteiger partial charge is 0.296 e. The molecule has 0 aliphatic rings. The van der Waals surface area contributed by atoms with E-state index in [2.05, 4.69) is 62.6 Å². The number of anilines is 1. The van der Waals surface area contributed by atoms with Gasteiger partial charge in [0.05, 0.1) is 0 Å². The molecule has 1 amide bonds. The second kappa shape index (κ2) is 7.92. The van der Waals surface area contributed by atoms with Crippen LogP contribution in [0.3, 0.4) is 0 Å². The number of hydrogen-bond acceptors (Lipinski definition) is 5. The molecule has 1 aromatic heterocycles. The first-order chi connectivity index (χ1) is 11.6. The first-order valence-corrected chi connectivity index (χ1v) is 9.78. The van der Waals surface area contributed by atoms with Gasteiger partial charge in [0.25, 0.3) is 5.91 Å². The van der Waals surface area contributed by atoms with Gasteiger partial charge in [-0.25, -0.2) is 0 Å². The molecule has 0 radical (unpaired) electrons. The van der Waals surface area contributed by atoms with E-state index < -0.39 is 0 Å². The van der Waals surface area contributed by atoms with Gasteiger partial charge in [-0.15, -0.1) is 10.2 Å². The monoisotopic (exact) mass is 419 g/mol. The summed E-state index contributed by atoms with van der Waals surface area (Å²) in [4.78, 5) is 12.2. The normalized spacial score (nSPS) is 10.6. The van der Waals surface area contributed by atoms with Gasteiger partial charge in [0.1, 0.15) is 0 Å². The molecule has 2 aromatic carbocycles. The van der Waals surface area contributed by atoms with Crippen LogP contribution in [0.4, 0.5) is 5.13 Å². The fourth-order valence-corrected chi connectivity index (χ4v) is 3.99. The SMILES string of the molecule is Cc1cccc(CSc2nnc(NC(=O)c3ccc(Br)cc3)s2)c1. The molecule has 0 spiro atoms. The van der Waals surface area contributed by atoms with Gasteiger partial charge in [-0.1, -0.05) is 68.9 Å². The van der Waals surface area contributed by atoms with Crippen molar-refractivity contribution < 1.29 is 4.79 Å². The van der Waals surface area contributed by atoms with Crippen LogP contribution in [0.5, 0.6) is 0 Å². The number of hydrogen-bond donors (Lipinski definition) is 1. The van der Waals surface area contributed by atoms with E-state index in [0.717, 1.165) is 14.6 Å². The van der Waals surface area contributed by atoms with E-state index in [9.17, 15) is 4.79 Å². The zero-order chi connectivity index (χ0) is 16.9. The maximum Gasteiger partial charge on any atom is 0.257 e. The van der Waals surface area contributed by atoms with E-state index in [-0.39, 0.29) is 5.91 Å². The number of benzene rings is 2. The Morgan fingerprint density at radius 1 is 1.21 bits per heavy atom. The first kappa shape index (κ1) is 17.1. The van der Waals surface area contributed by atoms with Crippen molar-refractivity contribution in [1.29, 1.82) is 0 Å². The molecule has 3 aromatic rings. The average molecular weight is 420 g/mol. The van der Waals surface area contributed by atoms with Crippen molar-refractivity contribution >= 4 is 50.1 Å². The highest BCUT2D eigenvalue weighted by Crippen LogP contribution is 2.28. The number of aromatic nitrogens is 2. The average Bonchev–Trinajstić information content (AvgIpc) is 3.01. The van der Waals surface area contributed by atoms with Gasteiger partial charge in [0.15, 0.2) is 4.34 Å². The molecule has 0 aliphatic heterocycles. The smallest absolute Gasteiger partial charge is 0.257 e. The van der Waals surface area contributed by atoms with Gasteiger partial charge in [-0.3, -0.25) is 10.1 Å². The van der Waals surface area contributed by atoms with Crippen LogP contribution in [-0.4, -0.2) is 16.1 Å². The number of aryl methyl sites for hydroxylation is 1. The maximum atomic E-state index is 12.2. The number of carbonyl (C=O) groups excluding carboxylic acids is 1. The van der Waals surface area contributed by atoms with Crippen LogP contribution in [0.2, 0.25) is 0 Å². The molecular weight excluding hydrogens is 406 g/mol. The van der Waals surface area contributed by atoms with Gasteiger partial charge in [0, 0.05) is 15.8 Å². The van der Waals surface area contributed by atoms with Crippen molar-refractivity contribution in [3.8, 4) is 0 Å². The predicted octanol–water partition coefficient (Wildman–Crippen LogP) is 5.15. The lowest BCUT2D eigenvalue weighted by molar-refractivity contribution is 0.102. The zero-order valence-corrected chi connectivity index (χ0v) is 16.0. The molecule has 3 rings (SSSR count). The Bertz CT molecular complexity index is 849. The van der Waals surface area contributed by atoms with Crippen molar-refractivity contribution in [2.24, 2.45) is 0 Å². The van der Waals surface area contributed by atoms with Crippen molar-refractivity contribution in [3.05, 3.63) is 69.7 Å². The van der Waals surface area contributed by atoms with E-state index in [1.54, 1.807) is 23.9 Å². The maximum absolute atomic E-state index is 12.2. The summed E-state index contributed by atoms with van der Waals surface area (Å²) < 4.78 is 1.77. The Balaban J connectivity index is 1.59. The van der Waals surface area contributed by atoms with Crippen LogP contribution in [0, 0.1) is 6.92 Å². The predicted molar refractivity (Wildman–Crippen MR) is 103 cm³/mol. The van der Waals surface area contributed by atoms with Gasteiger partial charge in [-0.2, -0.15) is 0 Å². The Morgan fingerprint density at radius 3 is 2.75 bits per heavy atom. The Kier molecular flexibility index (Phi) is 5.65. The van der Waals surface area contributed by atoms with E-state index in [0.29, 0.717) is 10.7 Å². The molecule has 0 saturated carbocycles. The number of rotatable bonds is 5. The van der Waals surface area contributed by atoms with Crippen molar-refractivity contribution in [2.45, 2.75) is 17.0 Å². The van der Waals surface area contributed by atoms with Gasteiger partial charge < -0.3 is 0 Å². The Hall–Kier alpha value is -1.70. The molecule has 122 valence electrons. The summed E-state index contributed by atoms with van der Waals surface area (Å²) >= 11 is 6.35. The van der Waals surface area contributed by atoms with Crippen LogP contribution in [-0.2, 0) is 5.75 Å².